The minimum Gasteiger partial charge on any atom is -0.457 e. The first kappa shape index (κ1) is 37.1. The molecule has 3 aliphatic rings. The summed E-state index contributed by atoms with van der Waals surface area (Å²) >= 11 is 1.78. The standard InChI is InChI=1S/C41H46N8O5S/c42-39-37-38(28-11-13-32(14-12-28)54-31-8-2-1-3-9-31)46-49(40(37)44-27-43-39)30-7-5-17-47(25-30)18-19-52-20-21-53-22-23-55-35-10-4-6-29-24-48(26-33(29)35)34-15-16-36(50)45-41(34)51/h1-4,6,8-14,27,30,34H,5,7,15-26H2,(H2,42,43,44)(H,45,50,51)/t30-,34?/m1/s1. The van der Waals surface area contributed by atoms with Gasteiger partial charge in [0.2, 0.25) is 11.8 Å². The van der Waals surface area contributed by atoms with Gasteiger partial charge in [-0.25, -0.2) is 14.6 Å². The van der Waals surface area contributed by atoms with Crippen molar-refractivity contribution < 1.29 is 23.8 Å². The molecule has 3 N–H and O–H groups in total. The second-order valence-corrected chi connectivity index (χ2v) is 15.3. The Hall–Kier alpha value is -4.86. The van der Waals surface area contributed by atoms with Gasteiger partial charge >= 0.3 is 0 Å². The van der Waals surface area contributed by atoms with Gasteiger partial charge in [-0.05, 0) is 79.4 Å². The van der Waals surface area contributed by atoms with Crippen molar-refractivity contribution in [1.29, 1.82) is 0 Å². The molecule has 5 heterocycles. The molecule has 8 rings (SSSR count). The second-order valence-electron chi connectivity index (χ2n) is 14.1. The Kier molecular flexibility index (Phi) is 11.7. The maximum Gasteiger partial charge on any atom is 0.243 e. The maximum atomic E-state index is 12.4. The molecule has 2 saturated heterocycles. The molecule has 0 saturated carbocycles. The zero-order valence-corrected chi connectivity index (χ0v) is 31.6. The van der Waals surface area contributed by atoms with Gasteiger partial charge in [-0.2, -0.15) is 5.10 Å². The van der Waals surface area contributed by atoms with E-state index in [2.05, 4.69) is 43.3 Å². The number of thioether (sulfide) groups is 1. The van der Waals surface area contributed by atoms with E-state index in [4.69, 9.17) is 25.0 Å². The average molecular weight is 763 g/mol. The molecule has 13 nitrogen and oxygen atoms in total. The number of hydrogen-bond acceptors (Lipinski definition) is 12. The molecule has 3 aliphatic heterocycles. The molecule has 2 amide bonds. The molecule has 2 fully saturated rings. The van der Waals surface area contributed by atoms with Crippen LogP contribution in [0.3, 0.4) is 0 Å². The minimum atomic E-state index is -0.251. The molecule has 0 spiro atoms. The number of ether oxygens (including phenoxy) is 3. The number of nitrogens with one attached hydrogen (secondary N) is 1. The Morgan fingerprint density at radius 3 is 2.53 bits per heavy atom. The smallest absolute Gasteiger partial charge is 0.243 e. The number of amides is 2. The Labute approximate surface area is 324 Å². The fourth-order valence-electron chi connectivity index (χ4n) is 7.72. The molecule has 55 heavy (non-hydrogen) atoms. The van der Waals surface area contributed by atoms with Crippen molar-refractivity contribution in [3.63, 3.8) is 0 Å². The van der Waals surface area contributed by atoms with Crippen LogP contribution < -0.4 is 15.8 Å². The highest BCUT2D eigenvalue weighted by atomic mass is 32.2. The molecule has 3 aromatic carbocycles. The molecule has 5 aromatic rings. The molecule has 1 unspecified atom stereocenters. The highest BCUT2D eigenvalue weighted by Gasteiger charge is 2.35. The monoisotopic (exact) mass is 762 g/mol. The summed E-state index contributed by atoms with van der Waals surface area (Å²) in [6.45, 7) is 6.47. The number of nitrogen functional groups attached to an aromatic ring is 1. The van der Waals surface area contributed by atoms with E-state index in [1.165, 1.54) is 22.3 Å². The molecule has 0 bridgehead atoms. The summed E-state index contributed by atoms with van der Waals surface area (Å²) < 4.78 is 19.9. The van der Waals surface area contributed by atoms with Gasteiger partial charge in [-0.3, -0.25) is 24.7 Å². The van der Waals surface area contributed by atoms with Gasteiger partial charge in [0.25, 0.3) is 0 Å². The highest BCUT2D eigenvalue weighted by molar-refractivity contribution is 7.99. The number of rotatable bonds is 15. The van der Waals surface area contributed by atoms with E-state index in [-0.39, 0.29) is 23.9 Å². The molecular weight excluding hydrogens is 717 g/mol. The van der Waals surface area contributed by atoms with E-state index in [1.54, 1.807) is 11.8 Å². The van der Waals surface area contributed by atoms with Gasteiger partial charge in [0.1, 0.15) is 29.3 Å². The van der Waals surface area contributed by atoms with Gasteiger partial charge in [-0.15, -0.1) is 11.8 Å². The Bertz CT molecular complexity index is 2110. The third-order valence-electron chi connectivity index (χ3n) is 10.5. The quantitative estimate of drug-likeness (QED) is 0.0794. The lowest BCUT2D eigenvalue weighted by Gasteiger charge is -2.32. The predicted molar refractivity (Wildman–Crippen MR) is 211 cm³/mol. The summed E-state index contributed by atoms with van der Waals surface area (Å²) in [6, 6.07) is 23.8. The van der Waals surface area contributed by atoms with Crippen molar-refractivity contribution in [2.75, 3.05) is 57.5 Å². The van der Waals surface area contributed by atoms with E-state index in [9.17, 15) is 9.59 Å². The fourth-order valence-corrected chi connectivity index (χ4v) is 8.69. The molecular formula is C41H46N8O5S. The van der Waals surface area contributed by atoms with Crippen molar-refractivity contribution in [2.45, 2.75) is 55.8 Å². The lowest BCUT2D eigenvalue weighted by molar-refractivity contribution is -0.137. The van der Waals surface area contributed by atoms with Gasteiger partial charge < -0.3 is 19.9 Å². The van der Waals surface area contributed by atoms with Gasteiger partial charge in [0.05, 0.1) is 43.9 Å². The Balaban J connectivity index is 0.776. The number of fused-ring (bicyclic) bond motifs is 2. The van der Waals surface area contributed by atoms with Crippen LogP contribution in [-0.2, 0) is 32.2 Å². The summed E-state index contributed by atoms with van der Waals surface area (Å²) in [7, 11) is 0. The summed E-state index contributed by atoms with van der Waals surface area (Å²) in [5, 5.41) is 8.35. The number of nitrogens with zero attached hydrogens (tertiary/aromatic N) is 6. The number of imide groups is 1. The first-order valence-electron chi connectivity index (χ1n) is 19.0. The number of para-hydroxylation sites is 1. The first-order valence-corrected chi connectivity index (χ1v) is 20.0. The SMILES string of the molecule is Nc1ncnc2c1c(-c1ccc(Oc3ccccc3)cc1)nn2[C@@H]1CCCN(CCOCCOCCSc2cccc3c2CN(C2CCC(=O)NC2=O)C3)C1. The van der Waals surface area contributed by atoms with Crippen LogP contribution in [0.25, 0.3) is 22.3 Å². The normalized spacial score (nSPS) is 19.1. The van der Waals surface area contributed by atoms with Crippen molar-refractivity contribution in [2.24, 2.45) is 0 Å². The van der Waals surface area contributed by atoms with Crippen LogP contribution in [0.4, 0.5) is 5.82 Å². The van der Waals surface area contributed by atoms with E-state index >= 15 is 0 Å². The summed E-state index contributed by atoms with van der Waals surface area (Å²) in [5.41, 5.74) is 11.4. The lowest BCUT2D eigenvalue weighted by atomic mass is 10.0. The summed E-state index contributed by atoms with van der Waals surface area (Å²) in [5.74, 6) is 2.41. The van der Waals surface area contributed by atoms with Gasteiger partial charge in [-0.1, -0.05) is 30.3 Å². The van der Waals surface area contributed by atoms with Crippen molar-refractivity contribution in [1.82, 2.24) is 34.9 Å². The van der Waals surface area contributed by atoms with E-state index in [1.807, 2.05) is 59.3 Å². The van der Waals surface area contributed by atoms with Gasteiger partial charge in [0, 0.05) is 48.8 Å². The number of piperidine rings is 2. The topological polar surface area (TPSA) is 150 Å². The lowest BCUT2D eigenvalue weighted by Crippen LogP contribution is -2.50. The number of nitrogens with two attached hydrogens (primary N) is 1. The highest BCUT2D eigenvalue weighted by Crippen LogP contribution is 2.36. The molecule has 14 heteroatoms. The predicted octanol–water partition coefficient (Wildman–Crippen LogP) is 5.45. The average Bonchev–Trinajstić information content (AvgIpc) is 3.82. The van der Waals surface area contributed by atoms with Crippen LogP contribution in [0.5, 0.6) is 11.5 Å². The summed E-state index contributed by atoms with van der Waals surface area (Å²) in [6.07, 6.45) is 4.53. The number of anilines is 1. The van der Waals surface area contributed by atoms with E-state index in [0.29, 0.717) is 45.1 Å². The number of carbonyl (C=O) groups excluding carboxylic acids is 2. The fraction of sp³-hybridized carbons (Fsp3) is 0.390. The van der Waals surface area contributed by atoms with Crippen LogP contribution in [0.15, 0.2) is 84.0 Å². The molecule has 0 radical (unpaired) electrons. The number of likely N-dealkylation sites (tertiary alicyclic amines) is 1. The number of aromatic nitrogens is 4. The maximum absolute atomic E-state index is 12.4. The number of benzene rings is 3. The number of hydrogen-bond donors (Lipinski definition) is 2. The molecule has 0 aliphatic carbocycles. The van der Waals surface area contributed by atoms with E-state index in [0.717, 1.165) is 85.1 Å². The van der Waals surface area contributed by atoms with Gasteiger partial charge in [0.15, 0.2) is 5.65 Å². The van der Waals surface area contributed by atoms with Crippen molar-refractivity contribution in [3.8, 4) is 22.8 Å². The van der Waals surface area contributed by atoms with Crippen molar-refractivity contribution >= 4 is 40.4 Å². The summed E-state index contributed by atoms with van der Waals surface area (Å²) in [4.78, 5) is 38.8. The van der Waals surface area contributed by atoms with Crippen LogP contribution in [0.1, 0.15) is 42.9 Å². The Morgan fingerprint density at radius 2 is 1.69 bits per heavy atom. The first-order chi connectivity index (χ1) is 27.0. The molecule has 2 aromatic heterocycles. The molecule has 286 valence electrons. The zero-order chi connectivity index (χ0) is 37.6. The van der Waals surface area contributed by atoms with Crippen LogP contribution >= 0.6 is 11.8 Å². The Morgan fingerprint density at radius 1 is 0.873 bits per heavy atom. The molecule has 2 atom stereocenters. The van der Waals surface area contributed by atoms with Crippen LogP contribution in [0.2, 0.25) is 0 Å². The van der Waals surface area contributed by atoms with Crippen LogP contribution in [0, 0.1) is 0 Å². The third-order valence-corrected chi connectivity index (χ3v) is 11.5. The second kappa shape index (κ2) is 17.3. The third kappa shape index (κ3) is 8.68. The largest absolute Gasteiger partial charge is 0.457 e. The number of carbonyl (C=O) groups is 2. The van der Waals surface area contributed by atoms with Crippen LogP contribution in [-0.4, -0.2) is 99.2 Å². The van der Waals surface area contributed by atoms with E-state index < -0.39 is 0 Å². The minimum absolute atomic E-state index is 0.146. The van der Waals surface area contributed by atoms with Crippen molar-refractivity contribution in [3.05, 3.63) is 90.3 Å². The zero-order valence-electron chi connectivity index (χ0n) is 30.8.